The minimum absolute atomic E-state index is 0.240. The lowest BCUT2D eigenvalue weighted by molar-refractivity contribution is 0.103. The second-order valence-electron chi connectivity index (χ2n) is 5.51. The predicted octanol–water partition coefficient (Wildman–Crippen LogP) is 2.14. The summed E-state index contributed by atoms with van der Waals surface area (Å²) >= 11 is 0. The molecule has 0 bridgehead atoms. The van der Waals surface area contributed by atoms with E-state index in [0.29, 0.717) is 0 Å². The van der Waals surface area contributed by atoms with Crippen molar-refractivity contribution in [3.8, 4) is 5.75 Å². The molecule has 2 rings (SSSR count). The summed E-state index contributed by atoms with van der Waals surface area (Å²) in [5.41, 5.74) is 1.24. The van der Waals surface area contributed by atoms with Crippen molar-refractivity contribution in [1.29, 1.82) is 0 Å². The van der Waals surface area contributed by atoms with E-state index >= 15 is 0 Å². The average Bonchev–Trinajstić information content (AvgIpc) is 2.54. The van der Waals surface area contributed by atoms with Gasteiger partial charge >= 0.3 is 0 Å². The fourth-order valence-electron chi connectivity index (χ4n) is 2.68. The zero-order chi connectivity index (χ0) is 15.1. The number of β-amino-alcohol motifs (C(OH)–C–C–N with tert-alkyl or cyclic N) is 1. The first kappa shape index (κ1) is 15.9. The van der Waals surface area contributed by atoms with Gasteiger partial charge in [-0.05, 0) is 37.1 Å². The number of benzene rings is 1. The number of aliphatic hydroxyl groups is 1. The summed E-state index contributed by atoms with van der Waals surface area (Å²) in [6.45, 7) is 8.46. The monoisotopic (exact) mass is 290 g/mol. The zero-order valence-corrected chi connectivity index (χ0v) is 12.9. The summed E-state index contributed by atoms with van der Waals surface area (Å²) < 4.78 is 5.19. The van der Waals surface area contributed by atoms with Gasteiger partial charge in [0.05, 0.1) is 13.2 Å². The number of allylic oxidation sites excluding steroid dienone is 1. The zero-order valence-electron chi connectivity index (χ0n) is 12.9. The highest BCUT2D eigenvalue weighted by atomic mass is 16.5. The Kier molecular flexibility index (Phi) is 6.08. The van der Waals surface area contributed by atoms with Crippen molar-refractivity contribution in [2.24, 2.45) is 0 Å². The van der Waals surface area contributed by atoms with Crippen molar-refractivity contribution >= 4 is 5.69 Å². The van der Waals surface area contributed by atoms with Gasteiger partial charge in [-0.25, -0.2) is 0 Å². The van der Waals surface area contributed by atoms with Crippen LogP contribution in [0.3, 0.4) is 0 Å². The molecular weight excluding hydrogens is 264 g/mol. The van der Waals surface area contributed by atoms with Crippen molar-refractivity contribution in [2.75, 3.05) is 44.7 Å². The molecule has 1 aliphatic rings. The molecule has 1 fully saturated rings. The van der Waals surface area contributed by atoms with Gasteiger partial charge < -0.3 is 14.7 Å². The van der Waals surface area contributed by atoms with Gasteiger partial charge in [0.1, 0.15) is 5.75 Å². The molecule has 0 saturated carbocycles. The number of ether oxygens (including phenoxy) is 1. The first-order valence-electron chi connectivity index (χ1n) is 7.63. The minimum atomic E-state index is -0.240. The normalized spacial score (nSPS) is 17.5. The van der Waals surface area contributed by atoms with Crippen LogP contribution in [0.15, 0.2) is 36.9 Å². The average molecular weight is 290 g/mol. The van der Waals surface area contributed by atoms with Gasteiger partial charge in [0.2, 0.25) is 0 Å². The van der Waals surface area contributed by atoms with E-state index in [1.165, 1.54) is 5.69 Å². The van der Waals surface area contributed by atoms with Crippen molar-refractivity contribution in [2.45, 2.75) is 18.9 Å². The van der Waals surface area contributed by atoms with Gasteiger partial charge in [0.15, 0.2) is 0 Å². The number of anilines is 1. The van der Waals surface area contributed by atoms with Crippen LogP contribution >= 0.6 is 0 Å². The molecule has 0 spiro atoms. The quantitative estimate of drug-likeness (QED) is 0.781. The third kappa shape index (κ3) is 4.76. The first-order valence-corrected chi connectivity index (χ1v) is 7.63. The number of methoxy groups -OCH3 is 1. The van der Waals surface area contributed by atoms with Crippen molar-refractivity contribution < 1.29 is 9.84 Å². The molecule has 1 N–H and O–H groups in total. The topological polar surface area (TPSA) is 35.9 Å². The molecule has 1 aliphatic heterocycles. The summed E-state index contributed by atoms with van der Waals surface area (Å²) in [7, 11) is 1.69. The lowest BCUT2D eigenvalue weighted by Crippen LogP contribution is -2.48. The van der Waals surface area contributed by atoms with E-state index in [2.05, 4.69) is 28.5 Å². The van der Waals surface area contributed by atoms with Crippen LogP contribution in [0, 0.1) is 0 Å². The fraction of sp³-hybridized carbons (Fsp3) is 0.529. The van der Waals surface area contributed by atoms with Crippen LogP contribution in [0.5, 0.6) is 5.75 Å². The van der Waals surface area contributed by atoms with Gasteiger partial charge in [-0.15, -0.1) is 6.58 Å². The van der Waals surface area contributed by atoms with E-state index in [9.17, 15) is 5.11 Å². The molecule has 4 heteroatoms. The van der Waals surface area contributed by atoms with Gasteiger partial charge in [-0.3, -0.25) is 4.90 Å². The van der Waals surface area contributed by atoms with Crippen LogP contribution in [0.4, 0.5) is 5.69 Å². The van der Waals surface area contributed by atoms with Gasteiger partial charge in [0.25, 0.3) is 0 Å². The van der Waals surface area contributed by atoms with Crippen molar-refractivity contribution in [3.63, 3.8) is 0 Å². The molecule has 21 heavy (non-hydrogen) atoms. The highest BCUT2D eigenvalue weighted by molar-refractivity contribution is 5.49. The third-order valence-electron chi connectivity index (χ3n) is 3.98. The molecule has 116 valence electrons. The molecule has 0 amide bonds. The SMILES string of the molecule is C=CCCC(O)CN1CCN(c2ccc(OC)cc2)CC1. The fourth-order valence-corrected chi connectivity index (χ4v) is 2.68. The maximum atomic E-state index is 9.96. The Morgan fingerprint density at radius 2 is 1.90 bits per heavy atom. The first-order chi connectivity index (χ1) is 10.2. The number of aliphatic hydroxyl groups excluding tert-OH is 1. The van der Waals surface area contributed by atoms with E-state index in [1.807, 2.05) is 18.2 Å². The smallest absolute Gasteiger partial charge is 0.119 e. The third-order valence-corrected chi connectivity index (χ3v) is 3.98. The molecule has 0 aliphatic carbocycles. The maximum Gasteiger partial charge on any atom is 0.119 e. The second kappa shape index (κ2) is 8.05. The minimum Gasteiger partial charge on any atom is -0.497 e. The van der Waals surface area contributed by atoms with Crippen molar-refractivity contribution in [1.82, 2.24) is 4.90 Å². The molecular formula is C17H26N2O2. The van der Waals surface area contributed by atoms with E-state index in [0.717, 1.165) is 51.3 Å². The molecule has 0 aromatic heterocycles. The lowest BCUT2D eigenvalue weighted by atomic mass is 10.1. The van der Waals surface area contributed by atoms with Gasteiger partial charge in [-0.2, -0.15) is 0 Å². The highest BCUT2D eigenvalue weighted by Crippen LogP contribution is 2.20. The van der Waals surface area contributed by atoms with E-state index < -0.39 is 0 Å². The number of hydrogen-bond donors (Lipinski definition) is 1. The van der Waals surface area contributed by atoms with E-state index in [1.54, 1.807) is 7.11 Å². The molecule has 4 nitrogen and oxygen atoms in total. The molecule has 1 atom stereocenters. The summed E-state index contributed by atoms with van der Waals surface area (Å²) in [5, 5.41) is 9.96. The second-order valence-corrected chi connectivity index (χ2v) is 5.51. The molecule has 1 aromatic carbocycles. The molecule has 1 heterocycles. The summed E-state index contributed by atoms with van der Waals surface area (Å²) in [6, 6.07) is 8.21. The van der Waals surface area contributed by atoms with Gasteiger partial charge in [-0.1, -0.05) is 6.08 Å². The Labute approximate surface area is 127 Å². The van der Waals surface area contributed by atoms with E-state index in [4.69, 9.17) is 4.74 Å². The predicted molar refractivity (Wildman–Crippen MR) is 87.1 cm³/mol. The summed E-state index contributed by atoms with van der Waals surface area (Å²) in [6.07, 6.45) is 3.32. The Bertz CT molecular complexity index is 425. The van der Waals surface area contributed by atoms with Gasteiger partial charge in [0, 0.05) is 38.4 Å². The van der Waals surface area contributed by atoms with E-state index in [-0.39, 0.29) is 6.10 Å². The number of hydrogen-bond acceptors (Lipinski definition) is 4. The number of piperazine rings is 1. The van der Waals surface area contributed by atoms with Crippen molar-refractivity contribution in [3.05, 3.63) is 36.9 Å². The molecule has 1 saturated heterocycles. The van der Waals surface area contributed by atoms with Crippen LogP contribution in [0.2, 0.25) is 0 Å². The Hall–Kier alpha value is -1.52. The van der Waals surface area contributed by atoms with Crippen LogP contribution in [-0.4, -0.2) is 55.9 Å². The standard InChI is InChI=1S/C17H26N2O2/c1-3-4-5-16(20)14-18-10-12-19(13-11-18)15-6-8-17(21-2)9-7-15/h3,6-9,16,20H,1,4-5,10-14H2,2H3. The Balaban J connectivity index is 1.78. The summed E-state index contributed by atoms with van der Waals surface area (Å²) in [4.78, 5) is 4.72. The Morgan fingerprint density at radius 3 is 2.48 bits per heavy atom. The lowest BCUT2D eigenvalue weighted by Gasteiger charge is -2.37. The molecule has 0 radical (unpaired) electrons. The molecule has 1 aromatic rings. The van der Waals surface area contributed by atoms with Crippen LogP contribution in [0.1, 0.15) is 12.8 Å². The van der Waals surface area contributed by atoms with Crippen LogP contribution in [0.25, 0.3) is 0 Å². The van der Waals surface area contributed by atoms with Crippen LogP contribution in [-0.2, 0) is 0 Å². The summed E-state index contributed by atoms with van der Waals surface area (Å²) in [5.74, 6) is 0.891. The molecule has 1 unspecified atom stereocenters. The Morgan fingerprint density at radius 1 is 1.24 bits per heavy atom. The largest absolute Gasteiger partial charge is 0.497 e. The maximum absolute atomic E-state index is 9.96. The number of rotatable bonds is 7. The highest BCUT2D eigenvalue weighted by Gasteiger charge is 2.19. The number of nitrogens with zero attached hydrogens (tertiary/aromatic N) is 2. The van der Waals surface area contributed by atoms with Crippen LogP contribution < -0.4 is 9.64 Å².